The van der Waals surface area contributed by atoms with Gasteiger partial charge in [-0.1, -0.05) is 0 Å². The number of aromatic nitrogens is 2. The van der Waals surface area contributed by atoms with Crippen LogP contribution in [0.4, 0.5) is 5.82 Å². The predicted octanol–water partition coefficient (Wildman–Crippen LogP) is 0.754. The van der Waals surface area contributed by atoms with Crippen molar-refractivity contribution in [2.75, 3.05) is 23.9 Å². The van der Waals surface area contributed by atoms with E-state index in [1.54, 1.807) is 19.2 Å². The van der Waals surface area contributed by atoms with Crippen LogP contribution in [0.5, 0.6) is 0 Å². The summed E-state index contributed by atoms with van der Waals surface area (Å²) >= 11 is 1.94. The van der Waals surface area contributed by atoms with Crippen molar-refractivity contribution in [3.8, 4) is 0 Å². The molecule has 2 N–H and O–H groups in total. The van der Waals surface area contributed by atoms with Crippen LogP contribution >= 0.6 is 11.8 Å². The summed E-state index contributed by atoms with van der Waals surface area (Å²) in [5.41, 5.74) is 0.342. The lowest BCUT2D eigenvalue weighted by Gasteiger charge is -2.10. The van der Waals surface area contributed by atoms with Gasteiger partial charge in [0.1, 0.15) is 5.82 Å². The Balaban J connectivity index is 1.98. The van der Waals surface area contributed by atoms with Crippen molar-refractivity contribution in [2.24, 2.45) is 0 Å². The molecule has 1 aliphatic rings. The van der Waals surface area contributed by atoms with E-state index < -0.39 is 0 Å². The first-order valence-electron chi connectivity index (χ1n) is 5.19. The fourth-order valence-corrected chi connectivity index (χ4v) is 2.67. The van der Waals surface area contributed by atoms with Gasteiger partial charge >= 0.3 is 0 Å². The van der Waals surface area contributed by atoms with E-state index in [0.29, 0.717) is 11.7 Å². The second-order valence-electron chi connectivity index (χ2n) is 3.59. The maximum absolute atomic E-state index is 11.2. The average molecular weight is 238 g/mol. The fourth-order valence-electron chi connectivity index (χ4n) is 1.52. The Hall–Kier alpha value is -1.30. The fraction of sp³-hybridized carbons (Fsp3) is 0.500. The van der Waals surface area contributed by atoms with Gasteiger partial charge < -0.3 is 10.6 Å². The van der Waals surface area contributed by atoms with Crippen molar-refractivity contribution in [3.05, 3.63) is 17.8 Å². The molecule has 1 saturated heterocycles. The van der Waals surface area contributed by atoms with Crippen LogP contribution in [0.1, 0.15) is 16.9 Å². The molecule has 0 spiro atoms. The van der Waals surface area contributed by atoms with Crippen LogP contribution in [0.3, 0.4) is 0 Å². The molecule has 1 aromatic rings. The molecule has 1 aromatic heterocycles. The standard InChI is InChI=1S/C10H14N4OS/c1-11-10(15)8-2-3-9(14-13-8)12-7-4-5-16-6-7/h2-3,7H,4-6H2,1H3,(H,11,15)(H,12,14). The SMILES string of the molecule is CNC(=O)c1ccc(NC2CCSC2)nn1. The number of hydrogen-bond acceptors (Lipinski definition) is 5. The molecule has 1 aliphatic heterocycles. The van der Waals surface area contributed by atoms with Crippen molar-refractivity contribution < 1.29 is 4.79 Å². The lowest BCUT2D eigenvalue weighted by atomic mass is 10.2. The molecule has 0 radical (unpaired) electrons. The molecule has 1 fully saturated rings. The molecule has 2 heterocycles. The van der Waals surface area contributed by atoms with E-state index in [4.69, 9.17) is 0 Å². The third kappa shape index (κ3) is 2.63. The highest BCUT2D eigenvalue weighted by atomic mass is 32.2. The van der Waals surface area contributed by atoms with E-state index in [1.807, 2.05) is 11.8 Å². The number of nitrogens with zero attached hydrogens (tertiary/aromatic N) is 2. The van der Waals surface area contributed by atoms with E-state index in [9.17, 15) is 4.79 Å². The minimum Gasteiger partial charge on any atom is -0.365 e. The Morgan fingerprint density at radius 3 is 2.94 bits per heavy atom. The molecule has 6 heteroatoms. The molecular weight excluding hydrogens is 224 g/mol. The van der Waals surface area contributed by atoms with Crippen molar-refractivity contribution >= 4 is 23.5 Å². The number of hydrogen-bond donors (Lipinski definition) is 2. The third-order valence-electron chi connectivity index (χ3n) is 2.41. The molecule has 1 atom stereocenters. The highest BCUT2D eigenvalue weighted by Gasteiger charge is 2.15. The van der Waals surface area contributed by atoms with Crippen molar-refractivity contribution in [2.45, 2.75) is 12.5 Å². The maximum Gasteiger partial charge on any atom is 0.271 e. The Morgan fingerprint density at radius 2 is 2.38 bits per heavy atom. The van der Waals surface area contributed by atoms with E-state index >= 15 is 0 Å². The first-order chi connectivity index (χ1) is 7.79. The normalized spacial score (nSPS) is 19.4. The van der Waals surface area contributed by atoms with Crippen molar-refractivity contribution in [3.63, 3.8) is 0 Å². The minimum atomic E-state index is -0.213. The van der Waals surface area contributed by atoms with Crippen LogP contribution < -0.4 is 10.6 Å². The second-order valence-corrected chi connectivity index (χ2v) is 4.74. The highest BCUT2D eigenvalue weighted by molar-refractivity contribution is 7.99. The van der Waals surface area contributed by atoms with Crippen LogP contribution in [-0.4, -0.2) is 40.7 Å². The number of carbonyl (C=O) groups is 1. The molecule has 0 aliphatic carbocycles. The number of carbonyl (C=O) groups excluding carboxylic acids is 1. The monoisotopic (exact) mass is 238 g/mol. The Kier molecular flexibility index (Phi) is 3.61. The number of anilines is 1. The van der Waals surface area contributed by atoms with Crippen LogP contribution in [-0.2, 0) is 0 Å². The number of nitrogens with one attached hydrogen (secondary N) is 2. The topological polar surface area (TPSA) is 66.9 Å². The zero-order valence-electron chi connectivity index (χ0n) is 9.06. The van der Waals surface area contributed by atoms with Crippen LogP contribution in [0, 0.1) is 0 Å². The number of thioether (sulfide) groups is 1. The summed E-state index contributed by atoms with van der Waals surface area (Å²) in [5, 5.41) is 13.6. The third-order valence-corrected chi connectivity index (χ3v) is 3.57. The smallest absolute Gasteiger partial charge is 0.271 e. The van der Waals surface area contributed by atoms with Gasteiger partial charge in [-0.2, -0.15) is 11.8 Å². The molecule has 16 heavy (non-hydrogen) atoms. The van der Waals surface area contributed by atoms with Crippen LogP contribution in [0.2, 0.25) is 0 Å². The zero-order chi connectivity index (χ0) is 11.4. The molecule has 5 nitrogen and oxygen atoms in total. The predicted molar refractivity (Wildman–Crippen MR) is 64.8 cm³/mol. The van der Waals surface area contributed by atoms with E-state index in [-0.39, 0.29) is 5.91 Å². The van der Waals surface area contributed by atoms with E-state index in [1.165, 1.54) is 5.75 Å². The quantitative estimate of drug-likeness (QED) is 0.813. The molecule has 0 bridgehead atoms. The van der Waals surface area contributed by atoms with Gasteiger partial charge in [-0.05, 0) is 24.3 Å². The molecule has 2 rings (SSSR count). The van der Waals surface area contributed by atoms with Gasteiger partial charge in [-0.3, -0.25) is 4.79 Å². The van der Waals surface area contributed by atoms with Crippen molar-refractivity contribution in [1.29, 1.82) is 0 Å². The van der Waals surface area contributed by atoms with Gasteiger partial charge in [0, 0.05) is 18.8 Å². The van der Waals surface area contributed by atoms with E-state index in [0.717, 1.165) is 18.0 Å². The van der Waals surface area contributed by atoms with E-state index in [2.05, 4.69) is 20.8 Å². The Labute approximate surface area is 98.4 Å². The molecule has 1 amide bonds. The minimum absolute atomic E-state index is 0.213. The molecule has 0 aromatic carbocycles. The summed E-state index contributed by atoms with van der Waals surface area (Å²) in [4.78, 5) is 11.2. The van der Waals surface area contributed by atoms with Gasteiger partial charge in [0.15, 0.2) is 5.69 Å². The summed E-state index contributed by atoms with van der Waals surface area (Å²) in [7, 11) is 1.58. The van der Waals surface area contributed by atoms with Gasteiger partial charge in [0.25, 0.3) is 5.91 Å². The average Bonchev–Trinajstić information content (AvgIpc) is 2.82. The number of rotatable bonds is 3. The Bertz CT molecular complexity index is 362. The first-order valence-corrected chi connectivity index (χ1v) is 6.35. The van der Waals surface area contributed by atoms with Gasteiger partial charge in [-0.15, -0.1) is 10.2 Å². The zero-order valence-corrected chi connectivity index (χ0v) is 9.88. The lowest BCUT2D eigenvalue weighted by molar-refractivity contribution is 0.0957. The maximum atomic E-state index is 11.2. The largest absolute Gasteiger partial charge is 0.365 e. The summed E-state index contributed by atoms with van der Waals surface area (Å²) < 4.78 is 0. The summed E-state index contributed by atoms with van der Waals surface area (Å²) in [6, 6.07) is 3.95. The second kappa shape index (κ2) is 5.16. The Morgan fingerprint density at radius 1 is 1.50 bits per heavy atom. The van der Waals surface area contributed by atoms with Gasteiger partial charge in [-0.25, -0.2) is 0 Å². The molecule has 0 saturated carbocycles. The molecule has 86 valence electrons. The van der Waals surface area contributed by atoms with Gasteiger partial charge in [0.2, 0.25) is 0 Å². The molecule has 1 unspecified atom stereocenters. The number of amides is 1. The van der Waals surface area contributed by atoms with Crippen LogP contribution in [0.15, 0.2) is 12.1 Å². The summed E-state index contributed by atoms with van der Waals surface area (Å²) in [5.74, 6) is 2.83. The highest BCUT2D eigenvalue weighted by Crippen LogP contribution is 2.20. The molecular formula is C10H14N4OS. The summed E-state index contributed by atoms with van der Waals surface area (Å²) in [6.07, 6.45) is 1.16. The summed E-state index contributed by atoms with van der Waals surface area (Å²) in [6.45, 7) is 0. The van der Waals surface area contributed by atoms with Crippen molar-refractivity contribution in [1.82, 2.24) is 15.5 Å². The lowest BCUT2D eigenvalue weighted by Crippen LogP contribution is -2.22. The first kappa shape index (κ1) is 11.2. The van der Waals surface area contributed by atoms with Gasteiger partial charge in [0.05, 0.1) is 0 Å². The van der Waals surface area contributed by atoms with Crippen LogP contribution in [0.25, 0.3) is 0 Å².